The number of carbonyl (C=O) groups is 1. The Morgan fingerprint density at radius 1 is 1.00 bits per heavy atom. The molecule has 126 valence electrons. The van der Waals surface area contributed by atoms with Gasteiger partial charge in [-0.25, -0.2) is 9.97 Å². The lowest BCUT2D eigenvalue weighted by Gasteiger charge is -2.09. The summed E-state index contributed by atoms with van der Waals surface area (Å²) in [5, 5.41) is 2.60. The molecule has 0 radical (unpaired) electrons. The molecule has 6 heteroatoms. The van der Waals surface area contributed by atoms with Gasteiger partial charge in [-0.05, 0) is 29.8 Å². The fourth-order valence-corrected chi connectivity index (χ4v) is 2.48. The third-order valence-electron chi connectivity index (χ3n) is 3.88. The lowest BCUT2D eigenvalue weighted by Crippen LogP contribution is -2.17. The van der Waals surface area contributed by atoms with E-state index in [1.165, 1.54) is 0 Å². The molecular weight excluding hydrogens is 316 g/mol. The number of hydrogen-bond donors (Lipinski definition) is 2. The number of nitrogens with zero attached hydrogens (tertiary/aromatic N) is 2. The van der Waals surface area contributed by atoms with Crippen molar-refractivity contribution in [3.63, 3.8) is 0 Å². The maximum atomic E-state index is 11.6. The third-order valence-corrected chi connectivity index (χ3v) is 3.88. The number of amides is 1. The first-order valence-corrected chi connectivity index (χ1v) is 7.71. The summed E-state index contributed by atoms with van der Waals surface area (Å²) in [6, 6.07) is 12.9. The number of hydrogen-bond acceptors (Lipinski definition) is 5. The van der Waals surface area contributed by atoms with E-state index in [0.29, 0.717) is 17.3 Å². The van der Waals surface area contributed by atoms with Gasteiger partial charge in [0.1, 0.15) is 5.82 Å². The van der Waals surface area contributed by atoms with Crippen molar-refractivity contribution < 1.29 is 9.53 Å². The first kappa shape index (κ1) is 16.4. The van der Waals surface area contributed by atoms with E-state index in [-0.39, 0.29) is 5.91 Å². The second-order valence-corrected chi connectivity index (χ2v) is 5.40. The second kappa shape index (κ2) is 7.00. The van der Waals surface area contributed by atoms with Gasteiger partial charge in [0, 0.05) is 47.8 Å². The second-order valence-electron chi connectivity index (χ2n) is 5.40. The van der Waals surface area contributed by atoms with Crippen LogP contribution in [0, 0.1) is 0 Å². The molecule has 3 N–H and O–H groups in total. The van der Waals surface area contributed by atoms with Gasteiger partial charge in [-0.1, -0.05) is 12.1 Å². The Hall–Kier alpha value is -3.41. The summed E-state index contributed by atoms with van der Waals surface area (Å²) in [6.07, 6.45) is 3.41. The minimum Gasteiger partial charge on any atom is -0.481 e. The van der Waals surface area contributed by atoms with Crippen molar-refractivity contribution in [1.82, 2.24) is 15.3 Å². The molecule has 0 saturated heterocycles. The van der Waals surface area contributed by atoms with Gasteiger partial charge in [0.05, 0.1) is 7.11 Å². The van der Waals surface area contributed by atoms with Crippen LogP contribution in [0.1, 0.15) is 10.4 Å². The molecule has 0 atom stereocenters. The standard InChI is InChI=1S/C19H18N4O2/c1-21-19(24)13-5-3-12(4-6-13)15-9-16(18(20)23-11-15)14-7-8-17(25-2)22-10-14/h3-11H,1-2H3,(H2,20,23)(H,21,24). The molecule has 1 aromatic carbocycles. The molecule has 6 nitrogen and oxygen atoms in total. The predicted molar refractivity (Wildman–Crippen MR) is 97.3 cm³/mol. The van der Waals surface area contributed by atoms with Crippen LogP contribution in [-0.4, -0.2) is 30.0 Å². The molecule has 25 heavy (non-hydrogen) atoms. The van der Waals surface area contributed by atoms with Crippen molar-refractivity contribution in [1.29, 1.82) is 0 Å². The smallest absolute Gasteiger partial charge is 0.251 e. The highest BCUT2D eigenvalue weighted by Gasteiger charge is 2.09. The quantitative estimate of drug-likeness (QED) is 0.766. The molecule has 0 fully saturated rings. The Bertz CT molecular complexity index is 890. The van der Waals surface area contributed by atoms with Crippen molar-refractivity contribution in [2.45, 2.75) is 0 Å². The number of ether oxygens (including phenoxy) is 1. The molecule has 0 aliphatic heterocycles. The molecule has 1 amide bonds. The summed E-state index contributed by atoms with van der Waals surface area (Å²) >= 11 is 0. The number of carbonyl (C=O) groups excluding carboxylic acids is 1. The van der Waals surface area contributed by atoms with Gasteiger partial charge in [-0.2, -0.15) is 0 Å². The summed E-state index contributed by atoms with van der Waals surface area (Å²) in [7, 11) is 3.18. The van der Waals surface area contributed by atoms with E-state index < -0.39 is 0 Å². The molecule has 2 heterocycles. The van der Waals surface area contributed by atoms with Crippen LogP contribution in [0.25, 0.3) is 22.3 Å². The fraction of sp³-hybridized carbons (Fsp3) is 0.105. The molecular formula is C19H18N4O2. The molecule has 0 aliphatic carbocycles. The molecule has 3 rings (SSSR count). The number of benzene rings is 1. The lowest BCUT2D eigenvalue weighted by molar-refractivity contribution is 0.0963. The van der Waals surface area contributed by atoms with Crippen molar-refractivity contribution in [2.75, 3.05) is 19.9 Å². The minimum atomic E-state index is -0.119. The Kier molecular flexibility index (Phi) is 4.61. The number of anilines is 1. The van der Waals surface area contributed by atoms with Gasteiger partial charge >= 0.3 is 0 Å². The SMILES string of the molecule is CNC(=O)c1ccc(-c2cnc(N)c(-c3ccc(OC)nc3)c2)cc1. The van der Waals surface area contributed by atoms with Gasteiger partial charge < -0.3 is 15.8 Å². The van der Waals surface area contributed by atoms with Crippen molar-refractivity contribution in [2.24, 2.45) is 0 Å². The number of methoxy groups -OCH3 is 1. The van der Waals surface area contributed by atoms with Crippen molar-refractivity contribution in [3.05, 3.63) is 60.4 Å². The first-order chi connectivity index (χ1) is 12.1. The van der Waals surface area contributed by atoms with E-state index in [1.54, 1.807) is 44.8 Å². The molecule has 3 aromatic rings. The Labute approximate surface area is 145 Å². The minimum absolute atomic E-state index is 0.119. The molecule has 0 bridgehead atoms. The number of pyridine rings is 2. The summed E-state index contributed by atoms with van der Waals surface area (Å²) in [5.74, 6) is 0.848. The lowest BCUT2D eigenvalue weighted by atomic mass is 10.0. The van der Waals surface area contributed by atoms with Crippen LogP contribution >= 0.6 is 0 Å². The molecule has 0 spiro atoms. The van der Waals surface area contributed by atoms with Crippen LogP contribution < -0.4 is 15.8 Å². The molecule has 2 aromatic heterocycles. The average molecular weight is 334 g/mol. The van der Waals surface area contributed by atoms with E-state index in [2.05, 4.69) is 15.3 Å². The van der Waals surface area contributed by atoms with E-state index >= 15 is 0 Å². The zero-order chi connectivity index (χ0) is 17.8. The highest BCUT2D eigenvalue weighted by atomic mass is 16.5. The van der Waals surface area contributed by atoms with Crippen LogP contribution in [0.3, 0.4) is 0 Å². The average Bonchev–Trinajstić information content (AvgIpc) is 2.68. The zero-order valence-electron chi connectivity index (χ0n) is 14.0. The molecule has 0 aliphatic rings. The topological polar surface area (TPSA) is 90.1 Å². The van der Waals surface area contributed by atoms with Gasteiger partial charge in [-0.15, -0.1) is 0 Å². The van der Waals surface area contributed by atoms with E-state index in [4.69, 9.17) is 10.5 Å². The van der Waals surface area contributed by atoms with Gasteiger partial charge in [0.15, 0.2) is 0 Å². The van der Waals surface area contributed by atoms with E-state index in [9.17, 15) is 4.79 Å². The highest BCUT2D eigenvalue weighted by molar-refractivity contribution is 5.94. The monoisotopic (exact) mass is 334 g/mol. The van der Waals surface area contributed by atoms with Gasteiger partial charge in [0.25, 0.3) is 5.91 Å². The maximum absolute atomic E-state index is 11.6. The summed E-state index contributed by atoms with van der Waals surface area (Å²) in [6.45, 7) is 0. The van der Waals surface area contributed by atoms with Crippen LogP contribution in [0.5, 0.6) is 5.88 Å². The first-order valence-electron chi connectivity index (χ1n) is 7.71. The summed E-state index contributed by atoms with van der Waals surface area (Å²) in [4.78, 5) is 20.1. The normalized spacial score (nSPS) is 10.3. The number of nitrogens with one attached hydrogen (secondary N) is 1. The van der Waals surface area contributed by atoms with Crippen LogP contribution in [0.4, 0.5) is 5.82 Å². The van der Waals surface area contributed by atoms with Crippen molar-refractivity contribution in [3.8, 4) is 28.1 Å². The highest BCUT2D eigenvalue weighted by Crippen LogP contribution is 2.30. The van der Waals surface area contributed by atoms with Gasteiger partial charge in [0.2, 0.25) is 5.88 Å². The predicted octanol–water partition coefficient (Wildman–Crippen LogP) is 2.76. The zero-order valence-corrected chi connectivity index (χ0v) is 14.0. The Morgan fingerprint density at radius 2 is 1.68 bits per heavy atom. The molecule has 0 unspecified atom stereocenters. The number of aromatic nitrogens is 2. The Morgan fingerprint density at radius 3 is 2.28 bits per heavy atom. The number of nitrogen functional groups attached to an aromatic ring is 1. The van der Waals surface area contributed by atoms with Gasteiger partial charge in [-0.3, -0.25) is 4.79 Å². The van der Waals surface area contributed by atoms with E-state index in [0.717, 1.165) is 22.3 Å². The molecule has 0 saturated carbocycles. The number of rotatable bonds is 4. The third kappa shape index (κ3) is 3.42. The summed E-state index contributed by atoms with van der Waals surface area (Å²) in [5.41, 5.74) is 10.1. The fourth-order valence-electron chi connectivity index (χ4n) is 2.48. The van der Waals surface area contributed by atoms with Crippen LogP contribution in [0.15, 0.2) is 54.9 Å². The van der Waals surface area contributed by atoms with E-state index in [1.807, 2.05) is 24.3 Å². The van der Waals surface area contributed by atoms with Crippen LogP contribution in [-0.2, 0) is 0 Å². The van der Waals surface area contributed by atoms with Crippen molar-refractivity contribution >= 4 is 11.7 Å². The van der Waals surface area contributed by atoms with Crippen LogP contribution in [0.2, 0.25) is 0 Å². The number of nitrogens with two attached hydrogens (primary N) is 1. The largest absolute Gasteiger partial charge is 0.481 e. The maximum Gasteiger partial charge on any atom is 0.251 e. The Balaban J connectivity index is 1.97. The summed E-state index contributed by atoms with van der Waals surface area (Å²) < 4.78 is 5.08.